The third kappa shape index (κ3) is 3.00. The van der Waals surface area contributed by atoms with Crippen LogP contribution in [0, 0.1) is 12.8 Å². The molecule has 1 nitrogen and oxygen atoms in total. The summed E-state index contributed by atoms with van der Waals surface area (Å²) in [5.41, 5.74) is 2.54. The van der Waals surface area contributed by atoms with Crippen LogP contribution in [-0.4, -0.2) is 6.04 Å². The fourth-order valence-electron chi connectivity index (χ4n) is 2.66. The number of rotatable bonds is 3. The number of hydrogen-bond acceptors (Lipinski definition) is 1. The molecule has 0 heterocycles. The topological polar surface area (TPSA) is 12.0 Å². The van der Waals surface area contributed by atoms with E-state index in [1.54, 1.807) is 0 Å². The Morgan fingerprint density at radius 3 is 2.56 bits per heavy atom. The van der Waals surface area contributed by atoms with Crippen molar-refractivity contribution in [3.63, 3.8) is 0 Å². The van der Waals surface area contributed by atoms with Gasteiger partial charge in [0.15, 0.2) is 0 Å². The Balaban J connectivity index is 2.02. The second kappa shape index (κ2) is 5.22. The van der Waals surface area contributed by atoms with E-state index in [0.29, 0.717) is 6.04 Å². The summed E-state index contributed by atoms with van der Waals surface area (Å²) in [6.07, 6.45) is 5.60. The third-order valence-corrected chi connectivity index (χ3v) is 4.00. The van der Waals surface area contributed by atoms with Crippen LogP contribution in [0.25, 0.3) is 0 Å². The average molecular weight is 282 g/mol. The molecule has 0 spiro atoms. The van der Waals surface area contributed by atoms with Crippen LogP contribution in [0.5, 0.6) is 0 Å². The van der Waals surface area contributed by atoms with Gasteiger partial charge in [0.2, 0.25) is 0 Å². The summed E-state index contributed by atoms with van der Waals surface area (Å²) < 4.78 is 1.16. The van der Waals surface area contributed by atoms with Gasteiger partial charge >= 0.3 is 0 Å². The first-order chi connectivity index (χ1) is 7.65. The summed E-state index contributed by atoms with van der Waals surface area (Å²) in [7, 11) is 0. The lowest BCUT2D eigenvalue weighted by Crippen LogP contribution is -2.23. The highest BCUT2D eigenvalue weighted by molar-refractivity contribution is 9.10. The Bertz CT molecular complexity index is 336. The van der Waals surface area contributed by atoms with Crippen LogP contribution in [0.4, 0.5) is 5.69 Å². The highest BCUT2D eigenvalue weighted by atomic mass is 79.9. The zero-order valence-electron chi connectivity index (χ0n) is 10.1. The van der Waals surface area contributed by atoms with Gasteiger partial charge in [-0.15, -0.1) is 0 Å². The molecule has 0 bridgehead atoms. The van der Waals surface area contributed by atoms with Gasteiger partial charge in [-0.2, -0.15) is 0 Å². The number of aryl methyl sites for hydroxylation is 1. The molecule has 88 valence electrons. The molecule has 1 aliphatic carbocycles. The van der Waals surface area contributed by atoms with Crippen molar-refractivity contribution in [2.24, 2.45) is 5.92 Å². The predicted octanol–water partition coefficient (Wildman–Crippen LogP) is 4.75. The predicted molar refractivity (Wildman–Crippen MR) is 73.9 cm³/mol. The quantitative estimate of drug-likeness (QED) is 0.843. The van der Waals surface area contributed by atoms with E-state index < -0.39 is 0 Å². The summed E-state index contributed by atoms with van der Waals surface area (Å²) in [6, 6.07) is 7.12. The summed E-state index contributed by atoms with van der Waals surface area (Å²) in [5.74, 6) is 0.860. The van der Waals surface area contributed by atoms with Gasteiger partial charge in [0.05, 0.1) is 0 Å². The van der Waals surface area contributed by atoms with Crippen LogP contribution >= 0.6 is 15.9 Å². The molecule has 1 unspecified atom stereocenters. The van der Waals surface area contributed by atoms with Crippen molar-refractivity contribution in [3.05, 3.63) is 28.2 Å². The molecule has 0 radical (unpaired) electrons. The first kappa shape index (κ1) is 12.0. The Kier molecular flexibility index (Phi) is 3.91. The fourth-order valence-corrected chi connectivity index (χ4v) is 3.27. The van der Waals surface area contributed by atoms with E-state index in [4.69, 9.17) is 0 Å². The number of nitrogens with one attached hydrogen (secondary N) is 1. The van der Waals surface area contributed by atoms with Crippen LogP contribution in [0.1, 0.15) is 38.2 Å². The van der Waals surface area contributed by atoms with Crippen molar-refractivity contribution in [2.75, 3.05) is 5.32 Å². The van der Waals surface area contributed by atoms with E-state index in [-0.39, 0.29) is 0 Å². The molecule has 1 fully saturated rings. The molecule has 0 aromatic heterocycles. The van der Waals surface area contributed by atoms with Gasteiger partial charge in [-0.05, 0) is 56.4 Å². The van der Waals surface area contributed by atoms with E-state index in [9.17, 15) is 0 Å². The molecule has 1 atom stereocenters. The largest absolute Gasteiger partial charge is 0.382 e. The monoisotopic (exact) mass is 281 g/mol. The highest BCUT2D eigenvalue weighted by Gasteiger charge is 2.21. The minimum atomic E-state index is 0.594. The molecule has 1 aromatic carbocycles. The van der Waals surface area contributed by atoms with E-state index in [0.717, 1.165) is 10.4 Å². The standard InChI is InChI=1S/C14H20BrN/c1-10-7-13(15)9-14(8-10)16-11(2)12-5-3-4-6-12/h7-9,11-12,16H,3-6H2,1-2H3. The van der Waals surface area contributed by atoms with Gasteiger partial charge < -0.3 is 5.32 Å². The maximum atomic E-state index is 3.64. The Labute approximate surface area is 107 Å². The zero-order chi connectivity index (χ0) is 11.5. The molecule has 0 saturated heterocycles. The van der Waals surface area contributed by atoms with Crippen molar-refractivity contribution in [3.8, 4) is 0 Å². The summed E-state index contributed by atoms with van der Waals surface area (Å²) in [5, 5.41) is 3.64. The van der Waals surface area contributed by atoms with Crippen molar-refractivity contribution >= 4 is 21.6 Å². The minimum absolute atomic E-state index is 0.594. The van der Waals surface area contributed by atoms with Crippen LogP contribution in [0.15, 0.2) is 22.7 Å². The third-order valence-electron chi connectivity index (χ3n) is 3.54. The molecular weight excluding hydrogens is 262 g/mol. The number of anilines is 1. The minimum Gasteiger partial charge on any atom is -0.382 e. The van der Waals surface area contributed by atoms with Crippen molar-refractivity contribution in [1.29, 1.82) is 0 Å². The maximum absolute atomic E-state index is 3.64. The van der Waals surface area contributed by atoms with Gasteiger partial charge in [0.25, 0.3) is 0 Å². The average Bonchev–Trinajstić information content (AvgIpc) is 2.68. The first-order valence-electron chi connectivity index (χ1n) is 6.19. The van der Waals surface area contributed by atoms with Crippen LogP contribution in [-0.2, 0) is 0 Å². The summed E-state index contributed by atoms with van der Waals surface area (Å²) in [4.78, 5) is 0. The van der Waals surface area contributed by atoms with Crippen molar-refractivity contribution < 1.29 is 0 Å². The van der Waals surface area contributed by atoms with E-state index in [1.165, 1.54) is 36.9 Å². The summed E-state index contributed by atoms with van der Waals surface area (Å²) in [6.45, 7) is 4.45. The molecule has 1 N–H and O–H groups in total. The molecule has 1 aromatic rings. The second-order valence-corrected chi connectivity index (χ2v) is 5.91. The normalized spacial score (nSPS) is 18.7. The molecule has 0 amide bonds. The lowest BCUT2D eigenvalue weighted by Gasteiger charge is -2.22. The molecule has 16 heavy (non-hydrogen) atoms. The summed E-state index contributed by atoms with van der Waals surface area (Å²) >= 11 is 3.55. The van der Waals surface area contributed by atoms with Gasteiger partial charge in [-0.1, -0.05) is 28.8 Å². The van der Waals surface area contributed by atoms with Crippen molar-refractivity contribution in [1.82, 2.24) is 0 Å². The number of halogens is 1. The van der Waals surface area contributed by atoms with Gasteiger partial charge in [0.1, 0.15) is 0 Å². The molecule has 1 aliphatic rings. The fraction of sp³-hybridized carbons (Fsp3) is 0.571. The Hall–Kier alpha value is -0.500. The Morgan fingerprint density at radius 1 is 1.25 bits per heavy atom. The van der Waals surface area contributed by atoms with Crippen LogP contribution in [0.3, 0.4) is 0 Å². The smallest absolute Gasteiger partial charge is 0.0356 e. The number of hydrogen-bond donors (Lipinski definition) is 1. The first-order valence-corrected chi connectivity index (χ1v) is 6.98. The van der Waals surface area contributed by atoms with E-state index >= 15 is 0 Å². The molecule has 2 heteroatoms. The molecule has 2 rings (SSSR count). The van der Waals surface area contributed by atoms with Crippen LogP contribution < -0.4 is 5.32 Å². The maximum Gasteiger partial charge on any atom is 0.0356 e. The SMILES string of the molecule is Cc1cc(Br)cc(NC(C)C2CCCC2)c1. The number of benzene rings is 1. The molecular formula is C14H20BrN. The van der Waals surface area contributed by atoms with Gasteiger partial charge in [0, 0.05) is 16.2 Å². The Morgan fingerprint density at radius 2 is 1.94 bits per heavy atom. The van der Waals surface area contributed by atoms with Gasteiger partial charge in [-0.3, -0.25) is 0 Å². The lowest BCUT2D eigenvalue weighted by atomic mass is 9.99. The molecule has 0 aliphatic heterocycles. The zero-order valence-corrected chi connectivity index (χ0v) is 11.7. The second-order valence-electron chi connectivity index (χ2n) is 4.99. The molecule has 1 saturated carbocycles. The van der Waals surface area contributed by atoms with Gasteiger partial charge in [-0.25, -0.2) is 0 Å². The lowest BCUT2D eigenvalue weighted by molar-refractivity contribution is 0.482. The van der Waals surface area contributed by atoms with Crippen molar-refractivity contribution in [2.45, 2.75) is 45.6 Å². The van der Waals surface area contributed by atoms with Crippen LogP contribution in [0.2, 0.25) is 0 Å². The van der Waals surface area contributed by atoms with E-state index in [1.807, 2.05) is 0 Å². The van der Waals surface area contributed by atoms with E-state index in [2.05, 4.69) is 53.3 Å². The highest BCUT2D eigenvalue weighted by Crippen LogP contribution is 2.30.